The quantitative estimate of drug-likeness (QED) is 0.573. The summed E-state index contributed by atoms with van der Waals surface area (Å²) >= 11 is 6.16. The molecule has 2 unspecified atom stereocenters. The van der Waals surface area contributed by atoms with Crippen molar-refractivity contribution in [3.8, 4) is 11.5 Å². The molecular formula is C25H31ClN2O4. The number of likely N-dealkylation sites (tertiary alicyclic amines) is 1. The summed E-state index contributed by atoms with van der Waals surface area (Å²) in [4.78, 5) is 17.5. The fraction of sp³-hybridized carbons (Fsp3) is 0.480. The summed E-state index contributed by atoms with van der Waals surface area (Å²) in [7, 11) is 3.26. The number of benzene rings is 2. The summed E-state index contributed by atoms with van der Waals surface area (Å²) in [6.45, 7) is 3.71. The number of halogens is 1. The van der Waals surface area contributed by atoms with Crippen LogP contribution in [0.1, 0.15) is 37.2 Å². The monoisotopic (exact) mass is 458 g/mol. The molecule has 0 aliphatic carbocycles. The molecule has 2 atom stereocenters. The van der Waals surface area contributed by atoms with Gasteiger partial charge in [0.25, 0.3) is 0 Å². The van der Waals surface area contributed by atoms with E-state index in [1.807, 2.05) is 42.5 Å². The Hall–Kier alpha value is -2.28. The van der Waals surface area contributed by atoms with Gasteiger partial charge >= 0.3 is 0 Å². The molecule has 2 fully saturated rings. The minimum atomic E-state index is -0.360. The van der Waals surface area contributed by atoms with Gasteiger partial charge in [0.05, 0.1) is 18.7 Å². The van der Waals surface area contributed by atoms with Gasteiger partial charge in [0.2, 0.25) is 5.91 Å². The van der Waals surface area contributed by atoms with E-state index in [2.05, 4.69) is 4.90 Å². The third-order valence-electron chi connectivity index (χ3n) is 6.32. The lowest BCUT2D eigenvalue weighted by molar-refractivity contribution is -0.118. The Morgan fingerprint density at radius 2 is 1.84 bits per heavy atom. The number of piperidine rings is 1. The van der Waals surface area contributed by atoms with Crippen molar-refractivity contribution in [1.82, 2.24) is 4.90 Å². The molecule has 4 rings (SSSR count). The highest BCUT2D eigenvalue weighted by Crippen LogP contribution is 2.40. The molecule has 2 aliphatic rings. The van der Waals surface area contributed by atoms with E-state index >= 15 is 0 Å². The molecule has 0 N–H and O–H groups in total. The summed E-state index contributed by atoms with van der Waals surface area (Å²) < 4.78 is 17.3. The summed E-state index contributed by atoms with van der Waals surface area (Å²) in [5, 5.41) is 0.622. The molecule has 0 bridgehead atoms. The highest BCUT2D eigenvalue weighted by molar-refractivity contribution is 6.30. The highest BCUT2D eigenvalue weighted by atomic mass is 35.5. The average molecular weight is 459 g/mol. The van der Waals surface area contributed by atoms with Gasteiger partial charge in [-0.1, -0.05) is 30.2 Å². The van der Waals surface area contributed by atoms with E-state index in [0.717, 1.165) is 30.9 Å². The van der Waals surface area contributed by atoms with Gasteiger partial charge in [-0.15, -0.1) is 0 Å². The van der Waals surface area contributed by atoms with E-state index in [1.54, 1.807) is 19.1 Å². The molecule has 2 heterocycles. The summed E-state index contributed by atoms with van der Waals surface area (Å²) in [6.07, 6.45) is 4.02. The third-order valence-corrected chi connectivity index (χ3v) is 6.56. The molecule has 0 saturated carbocycles. The van der Waals surface area contributed by atoms with E-state index in [4.69, 9.17) is 25.8 Å². The van der Waals surface area contributed by atoms with Gasteiger partial charge in [-0.05, 0) is 55.8 Å². The molecule has 6 nitrogen and oxygen atoms in total. The topological polar surface area (TPSA) is 51.2 Å². The van der Waals surface area contributed by atoms with Crippen molar-refractivity contribution >= 4 is 23.2 Å². The van der Waals surface area contributed by atoms with Gasteiger partial charge in [-0.3, -0.25) is 14.6 Å². The van der Waals surface area contributed by atoms with Crippen molar-refractivity contribution in [2.24, 2.45) is 0 Å². The summed E-state index contributed by atoms with van der Waals surface area (Å²) in [5.74, 6) is 0.975. The Morgan fingerprint density at radius 3 is 2.56 bits per heavy atom. The lowest BCUT2D eigenvalue weighted by Gasteiger charge is -2.27. The van der Waals surface area contributed by atoms with Crippen LogP contribution in [-0.2, 0) is 9.53 Å². The highest BCUT2D eigenvalue weighted by Gasteiger charge is 2.41. The zero-order chi connectivity index (χ0) is 22.5. The number of anilines is 1. The van der Waals surface area contributed by atoms with E-state index in [0.29, 0.717) is 29.5 Å². The van der Waals surface area contributed by atoms with E-state index in [9.17, 15) is 4.79 Å². The molecule has 2 aliphatic heterocycles. The summed E-state index contributed by atoms with van der Waals surface area (Å²) in [5.41, 5.74) is 1.64. The number of carbonyl (C=O) groups is 1. The van der Waals surface area contributed by atoms with Crippen molar-refractivity contribution in [2.45, 2.75) is 37.8 Å². The summed E-state index contributed by atoms with van der Waals surface area (Å²) in [6, 6.07) is 13.1. The minimum Gasteiger partial charge on any atom is -0.493 e. The lowest BCUT2D eigenvalue weighted by Crippen LogP contribution is -2.35. The van der Waals surface area contributed by atoms with Crippen LogP contribution in [-0.4, -0.2) is 57.5 Å². The predicted octanol–water partition coefficient (Wildman–Crippen LogP) is 4.71. The fourth-order valence-electron chi connectivity index (χ4n) is 4.61. The molecule has 0 aromatic heterocycles. The zero-order valence-corrected chi connectivity index (χ0v) is 19.5. The number of nitrogens with zero attached hydrogens (tertiary/aromatic N) is 2. The molecule has 2 saturated heterocycles. The number of methoxy groups -OCH3 is 2. The molecule has 0 radical (unpaired) electrons. The van der Waals surface area contributed by atoms with E-state index in [1.165, 1.54) is 19.3 Å². The van der Waals surface area contributed by atoms with Gasteiger partial charge in [-0.25, -0.2) is 0 Å². The number of ether oxygens (including phenoxy) is 3. The van der Waals surface area contributed by atoms with Crippen LogP contribution in [0.5, 0.6) is 11.5 Å². The van der Waals surface area contributed by atoms with Crippen LogP contribution in [0, 0.1) is 0 Å². The first-order valence-electron chi connectivity index (χ1n) is 11.2. The lowest BCUT2D eigenvalue weighted by atomic mass is 9.97. The molecule has 7 heteroatoms. The van der Waals surface area contributed by atoms with Gasteiger partial charge in [0, 0.05) is 31.2 Å². The molecule has 2 aromatic rings. The van der Waals surface area contributed by atoms with Crippen LogP contribution in [0.3, 0.4) is 0 Å². The fourth-order valence-corrected chi connectivity index (χ4v) is 4.81. The van der Waals surface area contributed by atoms with Gasteiger partial charge < -0.3 is 14.2 Å². The number of hydrogen-bond acceptors (Lipinski definition) is 5. The van der Waals surface area contributed by atoms with E-state index < -0.39 is 0 Å². The largest absolute Gasteiger partial charge is 0.493 e. The zero-order valence-electron chi connectivity index (χ0n) is 18.8. The van der Waals surface area contributed by atoms with Crippen LogP contribution in [0.2, 0.25) is 5.02 Å². The predicted molar refractivity (Wildman–Crippen MR) is 126 cm³/mol. The first-order chi connectivity index (χ1) is 15.6. The van der Waals surface area contributed by atoms with Crippen molar-refractivity contribution in [3.05, 3.63) is 53.1 Å². The Balaban J connectivity index is 1.52. The maximum Gasteiger partial charge on any atom is 0.236 e. The third kappa shape index (κ3) is 5.03. The smallest absolute Gasteiger partial charge is 0.236 e. The van der Waals surface area contributed by atoms with Crippen molar-refractivity contribution in [1.29, 1.82) is 0 Å². The molecule has 0 spiro atoms. The van der Waals surface area contributed by atoms with Crippen LogP contribution < -0.4 is 14.4 Å². The van der Waals surface area contributed by atoms with Crippen LogP contribution in [0.4, 0.5) is 5.69 Å². The number of carbonyl (C=O) groups excluding carboxylic acids is 1. The Morgan fingerprint density at radius 1 is 1.03 bits per heavy atom. The Labute approximate surface area is 195 Å². The van der Waals surface area contributed by atoms with Crippen molar-refractivity contribution in [3.63, 3.8) is 0 Å². The second kappa shape index (κ2) is 10.6. The molecular weight excluding hydrogens is 428 g/mol. The Bertz CT molecular complexity index is 932. The molecule has 2 aromatic carbocycles. The van der Waals surface area contributed by atoms with Gasteiger partial charge in [-0.2, -0.15) is 0 Å². The Kier molecular flexibility index (Phi) is 7.55. The SMILES string of the molecule is COc1ccc(N2C(=O)C(c3cccc(Cl)c3)CC2OC)cc1OCCN1CCCCC1. The molecule has 1 amide bonds. The first kappa shape index (κ1) is 22.9. The van der Waals surface area contributed by atoms with Crippen LogP contribution in [0.25, 0.3) is 0 Å². The standard InChI is InChI=1S/C25H31ClN2O4/c1-30-22-10-9-20(16-23(22)32-14-13-27-11-4-3-5-12-27)28-24(31-2)17-21(25(28)29)18-7-6-8-19(26)15-18/h6-10,15-16,21,24H,3-5,11-14,17H2,1-2H3. The van der Waals surface area contributed by atoms with Crippen molar-refractivity contribution < 1.29 is 19.0 Å². The number of amides is 1. The second-order valence-corrected chi connectivity index (χ2v) is 8.76. The number of rotatable bonds is 8. The maximum atomic E-state index is 13.4. The first-order valence-corrected chi connectivity index (χ1v) is 11.6. The van der Waals surface area contributed by atoms with Crippen LogP contribution >= 0.6 is 11.6 Å². The van der Waals surface area contributed by atoms with Gasteiger partial charge in [0.1, 0.15) is 12.8 Å². The molecule has 32 heavy (non-hydrogen) atoms. The van der Waals surface area contributed by atoms with E-state index in [-0.39, 0.29) is 18.1 Å². The maximum absolute atomic E-state index is 13.4. The minimum absolute atomic E-state index is 0.0106. The molecule has 172 valence electrons. The van der Waals surface area contributed by atoms with Crippen LogP contribution in [0.15, 0.2) is 42.5 Å². The van der Waals surface area contributed by atoms with Crippen molar-refractivity contribution in [2.75, 3.05) is 45.4 Å². The second-order valence-electron chi connectivity index (χ2n) is 8.33. The number of hydrogen-bond donors (Lipinski definition) is 0. The normalized spacial score (nSPS) is 21.7. The van der Waals surface area contributed by atoms with Gasteiger partial charge in [0.15, 0.2) is 11.5 Å². The average Bonchev–Trinajstić information content (AvgIpc) is 3.16.